The second-order valence-corrected chi connectivity index (χ2v) is 6.92. The summed E-state index contributed by atoms with van der Waals surface area (Å²) in [5.41, 5.74) is 2.53. The molecule has 1 heterocycles. The summed E-state index contributed by atoms with van der Waals surface area (Å²) in [5, 5.41) is 3.01. The van der Waals surface area contributed by atoms with Crippen molar-refractivity contribution in [2.75, 3.05) is 50.8 Å². The van der Waals surface area contributed by atoms with Gasteiger partial charge in [-0.15, -0.1) is 0 Å². The summed E-state index contributed by atoms with van der Waals surface area (Å²) in [5.74, 6) is 0.810. The predicted molar refractivity (Wildman–Crippen MR) is 96.5 cm³/mol. The van der Waals surface area contributed by atoms with E-state index in [4.69, 9.17) is 4.74 Å². The van der Waals surface area contributed by atoms with E-state index in [0.29, 0.717) is 6.54 Å². The summed E-state index contributed by atoms with van der Waals surface area (Å²) in [6.07, 6.45) is 3.54. The van der Waals surface area contributed by atoms with Crippen LogP contribution in [0.5, 0.6) is 0 Å². The normalized spacial score (nSPS) is 17.9. The zero-order valence-corrected chi connectivity index (χ0v) is 14.7. The standard InChI is InChI=1S/C19H29N3O2/c1-16-4-2-5-18(14-16)21-9-11-22(12-10-21)19(23)20-8-3-13-24-15-17-6-7-17/h2,4-5,14,17H,3,6-13,15H2,1H3,(H,20,23). The van der Waals surface area contributed by atoms with Crippen molar-refractivity contribution in [3.63, 3.8) is 0 Å². The highest BCUT2D eigenvalue weighted by molar-refractivity contribution is 5.74. The van der Waals surface area contributed by atoms with Gasteiger partial charge in [0.2, 0.25) is 0 Å². The van der Waals surface area contributed by atoms with Crippen LogP contribution in [0.1, 0.15) is 24.8 Å². The molecule has 0 radical (unpaired) electrons. The number of carbonyl (C=O) groups is 1. The van der Waals surface area contributed by atoms with E-state index in [1.807, 2.05) is 4.90 Å². The van der Waals surface area contributed by atoms with Crippen LogP contribution in [0.15, 0.2) is 24.3 Å². The molecule has 1 N–H and O–H groups in total. The lowest BCUT2D eigenvalue weighted by Gasteiger charge is -2.36. The SMILES string of the molecule is Cc1cccc(N2CCN(C(=O)NCCCOCC3CC3)CC2)c1. The van der Waals surface area contributed by atoms with Crippen molar-refractivity contribution in [3.05, 3.63) is 29.8 Å². The fraction of sp³-hybridized carbons (Fsp3) is 0.632. The van der Waals surface area contributed by atoms with Gasteiger partial charge in [0.05, 0.1) is 0 Å². The molecule has 5 nitrogen and oxygen atoms in total. The Morgan fingerprint density at radius 3 is 2.75 bits per heavy atom. The highest BCUT2D eigenvalue weighted by atomic mass is 16.5. The zero-order valence-electron chi connectivity index (χ0n) is 14.7. The number of hydrogen-bond donors (Lipinski definition) is 1. The van der Waals surface area contributed by atoms with Crippen molar-refractivity contribution in [1.82, 2.24) is 10.2 Å². The van der Waals surface area contributed by atoms with Gasteiger partial charge in [-0.3, -0.25) is 0 Å². The van der Waals surface area contributed by atoms with E-state index in [1.165, 1.54) is 24.1 Å². The van der Waals surface area contributed by atoms with Gasteiger partial charge in [-0.2, -0.15) is 0 Å². The second-order valence-electron chi connectivity index (χ2n) is 6.92. The van der Waals surface area contributed by atoms with E-state index >= 15 is 0 Å². The lowest BCUT2D eigenvalue weighted by molar-refractivity contribution is 0.121. The number of anilines is 1. The molecule has 2 aliphatic rings. The average molecular weight is 331 g/mol. The van der Waals surface area contributed by atoms with Crippen molar-refractivity contribution in [2.24, 2.45) is 5.92 Å². The summed E-state index contributed by atoms with van der Waals surface area (Å²) in [6, 6.07) is 8.61. The number of rotatable bonds is 7. The maximum atomic E-state index is 12.2. The van der Waals surface area contributed by atoms with E-state index in [-0.39, 0.29) is 6.03 Å². The first-order valence-corrected chi connectivity index (χ1v) is 9.14. The number of urea groups is 1. The molecule has 3 rings (SSSR count). The molecule has 5 heteroatoms. The van der Waals surface area contributed by atoms with Crippen molar-refractivity contribution in [3.8, 4) is 0 Å². The van der Waals surface area contributed by atoms with Gasteiger partial charge in [0.25, 0.3) is 0 Å². The van der Waals surface area contributed by atoms with E-state index in [1.54, 1.807) is 0 Å². The molecule has 1 aromatic rings. The Bertz CT molecular complexity index is 537. The molecule has 2 fully saturated rings. The number of piperazine rings is 1. The van der Waals surface area contributed by atoms with Crippen LogP contribution in [0, 0.1) is 12.8 Å². The highest BCUT2D eigenvalue weighted by Gasteiger charge is 2.22. The molecule has 1 aliphatic carbocycles. The summed E-state index contributed by atoms with van der Waals surface area (Å²) in [7, 11) is 0. The molecular formula is C19H29N3O2. The summed E-state index contributed by atoms with van der Waals surface area (Å²) < 4.78 is 5.59. The van der Waals surface area contributed by atoms with Crippen LogP contribution < -0.4 is 10.2 Å². The monoisotopic (exact) mass is 331 g/mol. The topological polar surface area (TPSA) is 44.8 Å². The molecule has 0 unspecified atom stereocenters. The fourth-order valence-corrected chi connectivity index (χ4v) is 3.01. The third kappa shape index (κ3) is 5.13. The quantitative estimate of drug-likeness (QED) is 0.781. The van der Waals surface area contributed by atoms with Crippen molar-refractivity contribution in [1.29, 1.82) is 0 Å². The Morgan fingerprint density at radius 1 is 1.25 bits per heavy atom. The molecule has 0 spiro atoms. The third-order valence-corrected chi connectivity index (χ3v) is 4.73. The molecule has 1 aliphatic heterocycles. The Labute approximate surface area is 145 Å². The number of aryl methyl sites for hydroxylation is 1. The largest absolute Gasteiger partial charge is 0.381 e. The number of nitrogens with zero attached hydrogens (tertiary/aromatic N) is 2. The van der Waals surface area contributed by atoms with Crippen molar-refractivity contribution >= 4 is 11.7 Å². The summed E-state index contributed by atoms with van der Waals surface area (Å²) in [4.78, 5) is 16.5. The molecule has 2 amide bonds. The molecular weight excluding hydrogens is 302 g/mol. The smallest absolute Gasteiger partial charge is 0.317 e. The molecule has 1 aromatic carbocycles. The Morgan fingerprint density at radius 2 is 2.04 bits per heavy atom. The molecule has 0 bridgehead atoms. The molecule has 0 aromatic heterocycles. The number of nitrogens with one attached hydrogen (secondary N) is 1. The zero-order chi connectivity index (χ0) is 16.8. The van der Waals surface area contributed by atoms with E-state index < -0.39 is 0 Å². The molecule has 132 valence electrons. The van der Waals surface area contributed by atoms with Gasteiger partial charge in [0.1, 0.15) is 0 Å². The van der Waals surface area contributed by atoms with Gasteiger partial charge in [-0.1, -0.05) is 12.1 Å². The van der Waals surface area contributed by atoms with E-state index in [2.05, 4.69) is 41.4 Å². The lowest BCUT2D eigenvalue weighted by atomic mass is 10.2. The highest BCUT2D eigenvalue weighted by Crippen LogP contribution is 2.28. The Balaban J connectivity index is 1.31. The van der Waals surface area contributed by atoms with Gasteiger partial charge in [0.15, 0.2) is 0 Å². The first-order valence-electron chi connectivity index (χ1n) is 9.14. The third-order valence-electron chi connectivity index (χ3n) is 4.73. The average Bonchev–Trinajstić information content (AvgIpc) is 3.42. The van der Waals surface area contributed by atoms with E-state index in [0.717, 1.165) is 51.7 Å². The van der Waals surface area contributed by atoms with Crippen molar-refractivity contribution < 1.29 is 9.53 Å². The number of amides is 2. The Hall–Kier alpha value is -1.75. The fourth-order valence-electron chi connectivity index (χ4n) is 3.01. The minimum Gasteiger partial charge on any atom is -0.381 e. The van der Waals surface area contributed by atoms with Crippen LogP contribution in [0.25, 0.3) is 0 Å². The van der Waals surface area contributed by atoms with E-state index in [9.17, 15) is 4.79 Å². The first-order chi connectivity index (χ1) is 11.7. The molecule has 1 saturated carbocycles. The molecule has 24 heavy (non-hydrogen) atoms. The van der Waals surface area contributed by atoms with Crippen LogP contribution in [0.2, 0.25) is 0 Å². The predicted octanol–water partition coefficient (Wildman–Crippen LogP) is 2.64. The van der Waals surface area contributed by atoms with Gasteiger partial charge >= 0.3 is 6.03 Å². The second kappa shape index (κ2) is 8.38. The van der Waals surface area contributed by atoms with Gasteiger partial charge in [0, 0.05) is 51.6 Å². The Kier molecular flexibility index (Phi) is 5.96. The summed E-state index contributed by atoms with van der Waals surface area (Å²) >= 11 is 0. The van der Waals surface area contributed by atoms with Crippen LogP contribution in [-0.2, 0) is 4.74 Å². The summed E-state index contributed by atoms with van der Waals surface area (Å²) in [6.45, 7) is 7.79. The molecule has 1 saturated heterocycles. The van der Waals surface area contributed by atoms with Crippen molar-refractivity contribution in [2.45, 2.75) is 26.2 Å². The minimum atomic E-state index is 0.0566. The van der Waals surface area contributed by atoms with Gasteiger partial charge in [-0.05, 0) is 49.8 Å². The van der Waals surface area contributed by atoms with Crippen LogP contribution >= 0.6 is 0 Å². The van der Waals surface area contributed by atoms with Crippen LogP contribution in [-0.4, -0.2) is 56.9 Å². The number of ether oxygens (including phenoxy) is 1. The number of benzene rings is 1. The minimum absolute atomic E-state index is 0.0566. The van der Waals surface area contributed by atoms with Crippen LogP contribution in [0.3, 0.4) is 0 Å². The first kappa shape index (κ1) is 17.1. The van der Waals surface area contributed by atoms with Gasteiger partial charge in [-0.25, -0.2) is 4.79 Å². The van der Waals surface area contributed by atoms with Gasteiger partial charge < -0.3 is 19.9 Å². The maximum Gasteiger partial charge on any atom is 0.317 e. The number of hydrogen-bond acceptors (Lipinski definition) is 3. The molecule has 0 atom stereocenters. The lowest BCUT2D eigenvalue weighted by Crippen LogP contribution is -2.52. The van der Waals surface area contributed by atoms with Crippen LogP contribution in [0.4, 0.5) is 10.5 Å². The number of carbonyl (C=O) groups excluding carboxylic acids is 1. The maximum absolute atomic E-state index is 12.2.